The predicted octanol–water partition coefficient (Wildman–Crippen LogP) is 3.58. The van der Waals surface area contributed by atoms with Crippen LogP contribution in [0, 0.1) is 0 Å². The number of fused-ring (bicyclic) bond motifs is 1. The minimum Gasteiger partial charge on any atom is -0.348 e. The number of carbonyl (C=O) groups excluding carboxylic acids is 3. The van der Waals surface area contributed by atoms with E-state index in [4.69, 9.17) is 0 Å². The maximum Gasteiger partial charge on any atom is 0.325 e. The summed E-state index contributed by atoms with van der Waals surface area (Å²) in [6.07, 6.45) is 3.15. The Morgan fingerprint density at radius 2 is 1.87 bits per heavy atom. The number of halogens is 1. The second kappa shape index (κ2) is 7.87. The van der Waals surface area contributed by atoms with E-state index in [-0.39, 0.29) is 18.5 Å². The molecule has 2 unspecified atom stereocenters. The zero-order chi connectivity index (χ0) is 21.5. The standard InChI is InChI=1S/C23H24BrN3O3/c1-14(15-7-10-19(24)11-8-15)25-20(28)13-27-21(29)23(2,26-22(27)30)18-9-6-16-4-3-5-17(16)12-18/h6-12,14H,3-5,13H2,1-2H3,(H,25,28)(H,26,30). The van der Waals surface area contributed by atoms with Gasteiger partial charge in [0.05, 0.1) is 6.04 Å². The van der Waals surface area contributed by atoms with Gasteiger partial charge in [0.2, 0.25) is 5.91 Å². The first-order chi connectivity index (χ1) is 14.3. The molecular formula is C23H24BrN3O3. The molecule has 2 atom stereocenters. The van der Waals surface area contributed by atoms with Crippen LogP contribution in [0.2, 0.25) is 0 Å². The van der Waals surface area contributed by atoms with Gasteiger partial charge in [-0.2, -0.15) is 0 Å². The first-order valence-corrected chi connectivity index (χ1v) is 10.9. The molecule has 6 nitrogen and oxygen atoms in total. The summed E-state index contributed by atoms with van der Waals surface area (Å²) < 4.78 is 0.954. The third-order valence-electron chi connectivity index (χ3n) is 6.00. The van der Waals surface area contributed by atoms with E-state index >= 15 is 0 Å². The van der Waals surface area contributed by atoms with Crippen molar-refractivity contribution in [2.45, 2.75) is 44.7 Å². The molecule has 2 aromatic rings. The molecular weight excluding hydrogens is 446 g/mol. The van der Waals surface area contributed by atoms with Crippen molar-refractivity contribution in [2.75, 3.05) is 6.54 Å². The molecule has 1 fully saturated rings. The normalized spacial score (nSPS) is 21.4. The van der Waals surface area contributed by atoms with Gasteiger partial charge in [-0.25, -0.2) is 4.79 Å². The SMILES string of the molecule is CC(NC(=O)CN1C(=O)NC(C)(c2ccc3c(c2)CCC3)C1=O)c1ccc(Br)cc1. The smallest absolute Gasteiger partial charge is 0.325 e. The summed E-state index contributed by atoms with van der Waals surface area (Å²) in [5.41, 5.74) is 3.07. The topological polar surface area (TPSA) is 78.5 Å². The Balaban J connectivity index is 1.46. The van der Waals surface area contributed by atoms with Gasteiger partial charge in [-0.3, -0.25) is 14.5 Å². The lowest BCUT2D eigenvalue weighted by atomic mass is 9.89. The van der Waals surface area contributed by atoms with Crippen LogP contribution in [-0.4, -0.2) is 29.3 Å². The summed E-state index contributed by atoms with van der Waals surface area (Å²) in [5, 5.41) is 5.64. The molecule has 1 saturated heterocycles. The summed E-state index contributed by atoms with van der Waals surface area (Å²) in [6, 6.07) is 12.8. The first kappa shape index (κ1) is 20.6. The highest BCUT2D eigenvalue weighted by atomic mass is 79.9. The molecule has 4 amide bonds. The van der Waals surface area contributed by atoms with Crippen LogP contribution >= 0.6 is 15.9 Å². The lowest BCUT2D eigenvalue weighted by Gasteiger charge is -2.23. The highest BCUT2D eigenvalue weighted by Gasteiger charge is 2.49. The molecule has 156 valence electrons. The number of nitrogens with zero attached hydrogens (tertiary/aromatic N) is 1. The summed E-state index contributed by atoms with van der Waals surface area (Å²) in [5.74, 6) is -0.788. The molecule has 30 heavy (non-hydrogen) atoms. The van der Waals surface area contributed by atoms with Crippen molar-refractivity contribution in [3.05, 3.63) is 69.2 Å². The van der Waals surface area contributed by atoms with Crippen molar-refractivity contribution in [1.82, 2.24) is 15.5 Å². The average molecular weight is 470 g/mol. The molecule has 1 aliphatic carbocycles. The summed E-state index contributed by atoms with van der Waals surface area (Å²) in [6.45, 7) is 3.25. The number of amides is 4. The highest BCUT2D eigenvalue weighted by molar-refractivity contribution is 9.10. The van der Waals surface area contributed by atoms with Crippen LogP contribution in [0.15, 0.2) is 46.9 Å². The van der Waals surface area contributed by atoms with Crippen LogP contribution in [0.25, 0.3) is 0 Å². The van der Waals surface area contributed by atoms with Crippen molar-refractivity contribution in [3.63, 3.8) is 0 Å². The summed E-state index contributed by atoms with van der Waals surface area (Å²) >= 11 is 3.39. The Morgan fingerprint density at radius 1 is 1.17 bits per heavy atom. The van der Waals surface area contributed by atoms with Crippen LogP contribution in [0.5, 0.6) is 0 Å². The van der Waals surface area contributed by atoms with Crippen molar-refractivity contribution in [2.24, 2.45) is 0 Å². The van der Waals surface area contributed by atoms with E-state index in [0.717, 1.165) is 39.8 Å². The summed E-state index contributed by atoms with van der Waals surface area (Å²) in [4.78, 5) is 39.2. The first-order valence-electron chi connectivity index (χ1n) is 10.1. The Kier molecular flexibility index (Phi) is 5.40. The molecule has 2 aliphatic rings. The Bertz CT molecular complexity index is 1020. The number of hydrogen-bond donors (Lipinski definition) is 2. The van der Waals surface area contributed by atoms with Gasteiger partial charge in [0, 0.05) is 4.47 Å². The van der Waals surface area contributed by atoms with Gasteiger partial charge < -0.3 is 10.6 Å². The third kappa shape index (κ3) is 3.74. The van der Waals surface area contributed by atoms with Crippen LogP contribution in [0.4, 0.5) is 4.79 Å². The lowest BCUT2D eigenvalue weighted by Crippen LogP contribution is -2.43. The van der Waals surface area contributed by atoms with Crippen molar-refractivity contribution < 1.29 is 14.4 Å². The number of hydrogen-bond acceptors (Lipinski definition) is 3. The maximum absolute atomic E-state index is 13.1. The fourth-order valence-corrected chi connectivity index (χ4v) is 4.45. The second-order valence-electron chi connectivity index (χ2n) is 8.12. The van der Waals surface area contributed by atoms with Gasteiger partial charge in [0.25, 0.3) is 5.91 Å². The molecule has 0 saturated carbocycles. The average Bonchev–Trinajstić information content (AvgIpc) is 3.27. The van der Waals surface area contributed by atoms with Crippen molar-refractivity contribution in [1.29, 1.82) is 0 Å². The molecule has 4 rings (SSSR count). The number of nitrogens with one attached hydrogen (secondary N) is 2. The maximum atomic E-state index is 13.1. The van der Waals surface area contributed by atoms with Crippen molar-refractivity contribution in [3.8, 4) is 0 Å². The van der Waals surface area contributed by atoms with E-state index in [2.05, 4.69) is 26.6 Å². The van der Waals surface area contributed by atoms with Crippen LogP contribution in [0.1, 0.15) is 48.6 Å². The summed E-state index contributed by atoms with van der Waals surface area (Å²) in [7, 11) is 0. The molecule has 0 radical (unpaired) electrons. The van der Waals surface area contributed by atoms with Gasteiger partial charge in [-0.1, -0.05) is 46.3 Å². The third-order valence-corrected chi connectivity index (χ3v) is 6.53. The van der Waals surface area contributed by atoms with E-state index in [1.807, 2.05) is 49.4 Å². The number of urea groups is 1. The lowest BCUT2D eigenvalue weighted by molar-refractivity contribution is -0.135. The van der Waals surface area contributed by atoms with Crippen LogP contribution in [0.3, 0.4) is 0 Å². The Labute approximate surface area is 184 Å². The molecule has 2 N–H and O–H groups in total. The van der Waals surface area contributed by atoms with E-state index in [1.165, 1.54) is 11.1 Å². The number of imide groups is 1. The minimum atomic E-state index is -1.16. The van der Waals surface area contributed by atoms with E-state index in [9.17, 15) is 14.4 Å². The van der Waals surface area contributed by atoms with E-state index in [0.29, 0.717) is 0 Å². The molecule has 1 heterocycles. The zero-order valence-corrected chi connectivity index (χ0v) is 18.6. The van der Waals surface area contributed by atoms with Gasteiger partial charge in [-0.15, -0.1) is 0 Å². The van der Waals surface area contributed by atoms with Crippen LogP contribution < -0.4 is 10.6 Å². The van der Waals surface area contributed by atoms with Gasteiger partial charge in [-0.05, 0) is 67.5 Å². The second-order valence-corrected chi connectivity index (χ2v) is 9.04. The number of benzene rings is 2. The number of aryl methyl sites for hydroxylation is 2. The highest BCUT2D eigenvalue weighted by Crippen LogP contribution is 2.32. The predicted molar refractivity (Wildman–Crippen MR) is 117 cm³/mol. The molecule has 0 aromatic heterocycles. The minimum absolute atomic E-state index is 0.241. The number of rotatable bonds is 5. The Hall–Kier alpha value is -2.67. The molecule has 2 aromatic carbocycles. The Morgan fingerprint density at radius 3 is 2.60 bits per heavy atom. The van der Waals surface area contributed by atoms with E-state index in [1.54, 1.807) is 6.92 Å². The molecule has 0 spiro atoms. The molecule has 0 bridgehead atoms. The van der Waals surface area contributed by atoms with Gasteiger partial charge >= 0.3 is 6.03 Å². The zero-order valence-electron chi connectivity index (χ0n) is 17.0. The molecule has 1 aliphatic heterocycles. The molecule has 7 heteroatoms. The fraction of sp³-hybridized carbons (Fsp3) is 0.348. The van der Waals surface area contributed by atoms with Crippen LogP contribution in [-0.2, 0) is 28.0 Å². The number of carbonyl (C=O) groups is 3. The quantitative estimate of drug-likeness (QED) is 0.656. The largest absolute Gasteiger partial charge is 0.348 e. The van der Waals surface area contributed by atoms with Crippen molar-refractivity contribution >= 4 is 33.8 Å². The van der Waals surface area contributed by atoms with E-state index < -0.39 is 17.5 Å². The monoisotopic (exact) mass is 469 g/mol. The van der Waals surface area contributed by atoms with Gasteiger partial charge in [0.15, 0.2) is 0 Å². The van der Waals surface area contributed by atoms with Gasteiger partial charge in [0.1, 0.15) is 12.1 Å². The fourth-order valence-electron chi connectivity index (χ4n) is 4.18.